The average molecular weight is 496 g/mol. The van der Waals surface area contributed by atoms with Gasteiger partial charge in [-0.2, -0.15) is 5.10 Å². The van der Waals surface area contributed by atoms with Crippen LogP contribution in [0.15, 0.2) is 17.1 Å². The van der Waals surface area contributed by atoms with Crippen molar-refractivity contribution in [1.82, 2.24) is 34.5 Å². The van der Waals surface area contributed by atoms with Crippen molar-refractivity contribution in [2.45, 2.75) is 40.5 Å². The van der Waals surface area contributed by atoms with E-state index in [9.17, 15) is 9.59 Å². The maximum atomic E-state index is 13.2. The van der Waals surface area contributed by atoms with E-state index in [0.717, 1.165) is 51.3 Å². The predicted octanol–water partition coefficient (Wildman–Crippen LogP) is 2.53. The molecule has 0 aliphatic carbocycles. The summed E-state index contributed by atoms with van der Waals surface area (Å²) in [6, 6.07) is 1.74. The Bertz CT molecular complexity index is 1270. The van der Waals surface area contributed by atoms with Gasteiger partial charge >= 0.3 is 0 Å². The molecule has 10 nitrogen and oxygen atoms in total. The zero-order chi connectivity index (χ0) is 25.8. The standard InChI is InChI=1S/C26H37N7O3/c1-6-8-20-22-23(30-31(20)5)25(35)29-24(28-22)19-13-18(14-27-26(19)36-16-17(3)4)21(34)15-33-11-9-32(7-2)10-12-33/h13-14,17H,6-12,15-16H2,1-5H3,(H,28,29,35). The van der Waals surface area contributed by atoms with E-state index in [0.29, 0.717) is 47.0 Å². The van der Waals surface area contributed by atoms with Crippen molar-refractivity contribution in [3.8, 4) is 17.3 Å². The Morgan fingerprint density at radius 1 is 1.14 bits per heavy atom. The van der Waals surface area contributed by atoms with Crippen molar-refractivity contribution >= 4 is 16.8 Å². The van der Waals surface area contributed by atoms with Gasteiger partial charge in [-0.15, -0.1) is 0 Å². The Labute approximate surface area is 211 Å². The molecule has 0 amide bonds. The fraction of sp³-hybridized carbons (Fsp3) is 0.577. The van der Waals surface area contributed by atoms with Gasteiger partial charge in [0.25, 0.3) is 5.56 Å². The predicted molar refractivity (Wildman–Crippen MR) is 140 cm³/mol. The number of fused-ring (bicyclic) bond motifs is 1. The number of nitrogens with zero attached hydrogens (tertiary/aromatic N) is 6. The summed E-state index contributed by atoms with van der Waals surface area (Å²) in [5.74, 6) is 0.947. The number of aromatic nitrogens is 5. The molecule has 1 fully saturated rings. The first-order valence-electron chi connectivity index (χ1n) is 12.9. The van der Waals surface area contributed by atoms with Crippen LogP contribution in [0.3, 0.4) is 0 Å². The number of hydrogen-bond donors (Lipinski definition) is 1. The van der Waals surface area contributed by atoms with E-state index in [-0.39, 0.29) is 17.3 Å². The number of pyridine rings is 1. The van der Waals surface area contributed by atoms with E-state index in [1.54, 1.807) is 16.9 Å². The van der Waals surface area contributed by atoms with Gasteiger partial charge in [-0.1, -0.05) is 34.1 Å². The lowest BCUT2D eigenvalue weighted by molar-refractivity contribution is 0.0858. The minimum Gasteiger partial charge on any atom is -0.477 e. The summed E-state index contributed by atoms with van der Waals surface area (Å²) in [4.78, 5) is 42.8. The number of aryl methyl sites for hydroxylation is 2. The van der Waals surface area contributed by atoms with Crippen LogP contribution in [0.5, 0.6) is 5.88 Å². The van der Waals surface area contributed by atoms with Crippen LogP contribution in [0.4, 0.5) is 0 Å². The van der Waals surface area contributed by atoms with Crippen molar-refractivity contribution in [2.24, 2.45) is 13.0 Å². The van der Waals surface area contributed by atoms with Crippen LogP contribution >= 0.6 is 0 Å². The summed E-state index contributed by atoms with van der Waals surface area (Å²) in [5.41, 5.74) is 2.42. The second-order valence-corrected chi connectivity index (χ2v) is 9.85. The van der Waals surface area contributed by atoms with Crippen molar-refractivity contribution in [3.05, 3.63) is 33.9 Å². The summed E-state index contributed by atoms with van der Waals surface area (Å²) in [5, 5.41) is 4.37. The van der Waals surface area contributed by atoms with E-state index < -0.39 is 0 Å². The molecule has 3 aromatic rings. The molecular weight excluding hydrogens is 458 g/mol. The molecule has 1 N–H and O–H groups in total. The minimum atomic E-state index is -0.326. The van der Waals surface area contributed by atoms with E-state index in [1.165, 1.54) is 0 Å². The maximum Gasteiger partial charge on any atom is 0.279 e. The first kappa shape index (κ1) is 26.0. The molecule has 36 heavy (non-hydrogen) atoms. The van der Waals surface area contributed by atoms with Crippen LogP contribution in [0.2, 0.25) is 0 Å². The average Bonchev–Trinajstić information content (AvgIpc) is 3.19. The second kappa shape index (κ2) is 11.3. The van der Waals surface area contributed by atoms with E-state index in [2.05, 4.69) is 52.6 Å². The third kappa shape index (κ3) is 5.65. The topological polar surface area (TPSA) is 109 Å². The lowest BCUT2D eigenvalue weighted by Crippen LogP contribution is -2.47. The van der Waals surface area contributed by atoms with E-state index in [1.807, 2.05) is 7.05 Å². The van der Waals surface area contributed by atoms with Gasteiger partial charge in [-0.05, 0) is 24.9 Å². The number of piperazine rings is 1. The largest absolute Gasteiger partial charge is 0.477 e. The SMILES string of the molecule is CCCc1c2nc(-c3cc(C(=O)CN4CCN(CC)CC4)cnc3OCC(C)C)[nH]c(=O)c2nn1C. The molecule has 3 aromatic heterocycles. The number of ketones is 1. The normalized spacial score (nSPS) is 15.2. The zero-order valence-electron chi connectivity index (χ0n) is 22.0. The minimum absolute atomic E-state index is 0.0133. The molecule has 1 aliphatic rings. The number of aromatic amines is 1. The van der Waals surface area contributed by atoms with Gasteiger partial charge in [0.1, 0.15) is 11.3 Å². The first-order chi connectivity index (χ1) is 17.3. The van der Waals surface area contributed by atoms with Gasteiger partial charge in [0, 0.05) is 45.0 Å². The maximum absolute atomic E-state index is 13.2. The van der Waals surface area contributed by atoms with Gasteiger partial charge in [-0.3, -0.25) is 19.2 Å². The number of carbonyl (C=O) groups is 1. The lowest BCUT2D eigenvalue weighted by atomic mass is 10.1. The number of likely N-dealkylation sites (N-methyl/N-ethyl adjacent to an activating group) is 1. The number of Topliss-reactive ketones (excluding diaryl/α,β-unsaturated/α-hetero) is 1. The number of nitrogens with one attached hydrogen (secondary N) is 1. The highest BCUT2D eigenvalue weighted by molar-refractivity contribution is 5.98. The molecule has 194 valence electrons. The lowest BCUT2D eigenvalue weighted by Gasteiger charge is -2.33. The van der Waals surface area contributed by atoms with Crippen molar-refractivity contribution < 1.29 is 9.53 Å². The Hall–Kier alpha value is -3.11. The van der Waals surface area contributed by atoms with Crippen molar-refractivity contribution in [3.63, 3.8) is 0 Å². The summed E-state index contributed by atoms with van der Waals surface area (Å²) in [6.07, 6.45) is 3.22. The smallest absolute Gasteiger partial charge is 0.279 e. The molecule has 0 saturated carbocycles. The van der Waals surface area contributed by atoms with E-state index in [4.69, 9.17) is 9.72 Å². The summed E-state index contributed by atoms with van der Waals surface area (Å²) >= 11 is 0. The second-order valence-electron chi connectivity index (χ2n) is 9.85. The number of ether oxygens (including phenoxy) is 1. The quantitative estimate of drug-likeness (QED) is 0.428. The highest BCUT2D eigenvalue weighted by atomic mass is 16.5. The fourth-order valence-corrected chi connectivity index (χ4v) is 4.46. The molecule has 0 atom stereocenters. The Balaban J connectivity index is 1.70. The molecule has 0 aromatic carbocycles. The van der Waals surface area contributed by atoms with Crippen LogP contribution in [0, 0.1) is 5.92 Å². The molecule has 0 unspecified atom stereocenters. The van der Waals surface area contributed by atoms with Crippen LogP contribution in [-0.2, 0) is 13.5 Å². The summed E-state index contributed by atoms with van der Waals surface area (Å²) in [7, 11) is 1.82. The van der Waals surface area contributed by atoms with Crippen LogP contribution < -0.4 is 10.3 Å². The van der Waals surface area contributed by atoms with Crippen LogP contribution in [-0.4, -0.2) is 86.2 Å². The van der Waals surface area contributed by atoms with Crippen LogP contribution in [0.1, 0.15) is 50.2 Å². The number of hydrogen-bond acceptors (Lipinski definition) is 8. The highest BCUT2D eigenvalue weighted by Crippen LogP contribution is 2.28. The van der Waals surface area contributed by atoms with Crippen LogP contribution in [0.25, 0.3) is 22.4 Å². The van der Waals surface area contributed by atoms with Gasteiger partial charge in [0.15, 0.2) is 11.3 Å². The van der Waals surface area contributed by atoms with Gasteiger partial charge in [0.2, 0.25) is 5.88 Å². The molecule has 0 spiro atoms. The van der Waals surface area contributed by atoms with Crippen molar-refractivity contribution in [1.29, 1.82) is 0 Å². The molecule has 0 bridgehead atoms. The van der Waals surface area contributed by atoms with Gasteiger partial charge in [0.05, 0.1) is 24.4 Å². The number of H-pyrrole nitrogens is 1. The molecule has 4 rings (SSSR count). The molecule has 1 saturated heterocycles. The third-order valence-corrected chi connectivity index (χ3v) is 6.56. The molecular formula is C26H37N7O3. The Kier molecular flexibility index (Phi) is 8.15. The highest BCUT2D eigenvalue weighted by Gasteiger charge is 2.22. The van der Waals surface area contributed by atoms with E-state index >= 15 is 0 Å². The molecule has 4 heterocycles. The first-order valence-corrected chi connectivity index (χ1v) is 12.9. The molecule has 10 heteroatoms. The number of carbonyl (C=O) groups excluding carboxylic acids is 1. The third-order valence-electron chi connectivity index (χ3n) is 6.56. The Morgan fingerprint density at radius 3 is 2.53 bits per heavy atom. The summed E-state index contributed by atoms with van der Waals surface area (Å²) in [6.45, 7) is 13.8. The number of rotatable bonds is 10. The zero-order valence-corrected chi connectivity index (χ0v) is 22.0. The monoisotopic (exact) mass is 495 g/mol. The molecule has 1 aliphatic heterocycles. The molecule has 0 radical (unpaired) electrons. The fourth-order valence-electron chi connectivity index (χ4n) is 4.46. The van der Waals surface area contributed by atoms with Gasteiger partial charge < -0.3 is 14.6 Å². The summed E-state index contributed by atoms with van der Waals surface area (Å²) < 4.78 is 7.69. The van der Waals surface area contributed by atoms with Gasteiger partial charge in [-0.25, -0.2) is 9.97 Å². The Morgan fingerprint density at radius 2 is 1.86 bits per heavy atom. The van der Waals surface area contributed by atoms with Crippen molar-refractivity contribution in [2.75, 3.05) is 45.9 Å².